The summed E-state index contributed by atoms with van der Waals surface area (Å²) < 4.78 is 0. The quantitative estimate of drug-likeness (QED) is 0.767. The van der Waals surface area contributed by atoms with E-state index in [-0.39, 0.29) is 0 Å². The van der Waals surface area contributed by atoms with Gasteiger partial charge in [-0.05, 0) is 36.8 Å². The highest BCUT2D eigenvalue weighted by molar-refractivity contribution is 5.60. The Balaban J connectivity index is 1.95. The van der Waals surface area contributed by atoms with E-state index in [9.17, 15) is 0 Å². The fourth-order valence-electron chi connectivity index (χ4n) is 1.67. The fourth-order valence-corrected chi connectivity index (χ4v) is 1.67. The first kappa shape index (κ1) is 9.31. The molecule has 76 valence electrons. The van der Waals surface area contributed by atoms with Gasteiger partial charge in [0.15, 0.2) is 0 Å². The predicted molar refractivity (Wildman–Crippen MR) is 59.1 cm³/mol. The van der Waals surface area contributed by atoms with E-state index in [1.54, 1.807) is 6.20 Å². The van der Waals surface area contributed by atoms with Crippen LogP contribution in [0.3, 0.4) is 0 Å². The maximum Gasteiger partial charge on any atom is 0.149 e. The summed E-state index contributed by atoms with van der Waals surface area (Å²) in [6, 6.07) is 3.73. The summed E-state index contributed by atoms with van der Waals surface area (Å²) >= 11 is 0. The third-order valence-corrected chi connectivity index (χ3v) is 3.18. The Morgan fingerprint density at radius 1 is 1.57 bits per heavy atom. The van der Waals surface area contributed by atoms with E-state index in [1.807, 2.05) is 12.1 Å². The summed E-state index contributed by atoms with van der Waals surface area (Å²) in [5.74, 6) is 0.826. The first-order chi connectivity index (χ1) is 6.76. The van der Waals surface area contributed by atoms with Crippen molar-refractivity contribution in [2.75, 3.05) is 17.6 Å². The highest BCUT2D eigenvalue weighted by Gasteiger charge is 2.40. The van der Waals surface area contributed by atoms with Crippen LogP contribution < -0.4 is 11.1 Å². The largest absolute Gasteiger partial charge is 0.396 e. The molecule has 3 nitrogen and oxygen atoms in total. The number of nitrogens with one attached hydrogen (secondary N) is 1. The molecule has 0 atom stereocenters. The van der Waals surface area contributed by atoms with Gasteiger partial charge in [-0.3, -0.25) is 0 Å². The smallest absolute Gasteiger partial charge is 0.149 e. The van der Waals surface area contributed by atoms with Crippen molar-refractivity contribution in [1.29, 1.82) is 0 Å². The number of rotatable bonds is 4. The van der Waals surface area contributed by atoms with E-state index < -0.39 is 0 Å². The molecular weight excluding hydrogens is 174 g/mol. The van der Waals surface area contributed by atoms with Crippen molar-refractivity contribution in [2.45, 2.75) is 26.2 Å². The summed E-state index contributed by atoms with van der Waals surface area (Å²) in [5.41, 5.74) is 7.05. The zero-order valence-corrected chi connectivity index (χ0v) is 8.59. The number of nitrogens with zero attached hydrogens (tertiary/aromatic N) is 1. The summed E-state index contributed by atoms with van der Waals surface area (Å²) in [7, 11) is 0. The first-order valence-electron chi connectivity index (χ1n) is 5.20. The Hall–Kier alpha value is -1.25. The lowest BCUT2D eigenvalue weighted by atomic mass is 10.0. The summed E-state index contributed by atoms with van der Waals surface area (Å²) in [6.07, 6.45) is 5.68. The van der Waals surface area contributed by atoms with Crippen LogP contribution in [0.4, 0.5) is 11.5 Å². The van der Waals surface area contributed by atoms with Crippen molar-refractivity contribution < 1.29 is 0 Å². The molecule has 0 spiro atoms. The van der Waals surface area contributed by atoms with Gasteiger partial charge in [0, 0.05) is 12.7 Å². The number of nitrogens with two attached hydrogens (primary N) is 1. The molecule has 0 unspecified atom stereocenters. The number of aromatic nitrogens is 1. The lowest BCUT2D eigenvalue weighted by Crippen LogP contribution is -2.15. The molecule has 1 aromatic heterocycles. The molecule has 1 fully saturated rings. The Kier molecular flexibility index (Phi) is 2.32. The molecule has 3 heteroatoms. The van der Waals surface area contributed by atoms with Crippen molar-refractivity contribution in [1.82, 2.24) is 4.98 Å². The van der Waals surface area contributed by atoms with Gasteiger partial charge in [0.05, 0.1) is 5.69 Å². The molecule has 0 saturated heterocycles. The molecule has 1 heterocycles. The number of hydrogen-bond donors (Lipinski definition) is 2. The van der Waals surface area contributed by atoms with Gasteiger partial charge in [-0.25, -0.2) is 4.98 Å². The maximum atomic E-state index is 5.79. The standard InChI is InChI=1S/C11H17N3/c1-2-11(5-6-11)8-14-10-9(12)4-3-7-13-10/h3-4,7H,2,5-6,8,12H2,1H3,(H,13,14). The van der Waals surface area contributed by atoms with Crippen molar-refractivity contribution in [3.05, 3.63) is 18.3 Å². The molecular formula is C11H17N3. The predicted octanol–water partition coefficient (Wildman–Crippen LogP) is 2.27. The highest BCUT2D eigenvalue weighted by atomic mass is 15.0. The molecule has 0 bridgehead atoms. The third-order valence-electron chi connectivity index (χ3n) is 3.18. The second-order valence-corrected chi connectivity index (χ2v) is 4.15. The van der Waals surface area contributed by atoms with E-state index >= 15 is 0 Å². The molecule has 2 rings (SSSR count). The van der Waals surface area contributed by atoms with Crippen molar-refractivity contribution >= 4 is 11.5 Å². The second-order valence-electron chi connectivity index (χ2n) is 4.15. The number of hydrogen-bond acceptors (Lipinski definition) is 3. The maximum absolute atomic E-state index is 5.79. The van der Waals surface area contributed by atoms with Crippen molar-refractivity contribution in [3.63, 3.8) is 0 Å². The van der Waals surface area contributed by atoms with E-state index in [0.29, 0.717) is 5.41 Å². The molecule has 3 N–H and O–H groups in total. The Labute approximate surface area is 84.7 Å². The van der Waals surface area contributed by atoms with Gasteiger partial charge in [-0.15, -0.1) is 0 Å². The molecule has 1 aliphatic rings. The van der Waals surface area contributed by atoms with E-state index in [2.05, 4.69) is 17.2 Å². The van der Waals surface area contributed by atoms with Gasteiger partial charge >= 0.3 is 0 Å². The molecule has 0 aliphatic heterocycles. The van der Waals surface area contributed by atoms with E-state index in [1.165, 1.54) is 19.3 Å². The lowest BCUT2D eigenvalue weighted by molar-refractivity contribution is 0.521. The average molecular weight is 191 g/mol. The average Bonchev–Trinajstić information content (AvgIpc) is 2.98. The van der Waals surface area contributed by atoms with Crippen molar-refractivity contribution in [2.24, 2.45) is 5.41 Å². The SMILES string of the molecule is CCC1(CNc2ncccc2N)CC1. The van der Waals surface area contributed by atoms with Crippen LogP contribution in [0.1, 0.15) is 26.2 Å². The number of nitrogen functional groups attached to an aromatic ring is 1. The van der Waals surface area contributed by atoms with E-state index in [0.717, 1.165) is 18.1 Å². The Morgan fingerprint density at radius 3 is 2.93 bits per heavy atom. The molecule has 1 aromatic rings. The minimum atomic E-state index is 0.532. The van der Waals surface area contributed by atoms with Crippen LogP contribution in [0.5, 0.6) is 0 Å². The van der Waals surface area contributed by atoms with Gasteiger partial charge in [0.1, 0.15) is 5.82 Å². The molecule has 1 aliphatic carbocycles. The van der Waals surface area contributed by atoms with Crippen LogP contribution in [0.15, 0.2) is 18.3 Å². The molecule has 14 heavy (non-hydrogen) atoms. The van der Waals surface area contributed by atoms with E-state index in [4.69, 9.17) is 5.73 Å². The van der Waals surface area contributed by atoms with Gasteiger partial charge in [-0.2, -0.15) is 0 Å². The monoisotopic (exact) mass is 191 g/mol. The zero-order chi connectivity index (χ0) is 10.0. The third kappa shape index (κ3) is 1.81. The highest BCUT2D eigenvalue weighted by Crippen LogP contribution is 2.48. The Morgan fingerprint density at radius 2 is 2.36 bits per heavy atom. The minimum Gasteiger partial charge on any atom is -0.396 e. The van der Waals surface area contributed by atoms with Gasteiger partial charge in [-0.1, -0.05) is 6.92 Å². The molecule has 0 amide bonds. The second kappa shape index (κ2) is 3.48. The normalized spacial score (nSPS) is 17.8. The van der Waals surface area contributed by atoms with Gasteiger partial charge in [0.25, 0.3) is 0 Å². The van der Waals surface area contributed by atoms with Gasteiger partial charge in [0.2, 0.25) is 0 Å². The lowest BCUT2D eigenvalue weighted by Gasteiger charge is -2.14. The summed E-state index contributed by atoms with van der Waals surface area (Å²) in [6.45, 7) is 3.25. The van der Waals surface area contributed by atoms with Crippen LogP contribution in [0.2, 0.25) is 0 Å². The zero-order valence-electron chi connectivity index (χ0n) is 8.59. The van der Waals surface area contributed by atoms with Crippen LogP contribution in [0.25, 0.3) is 0 Å². The number of pyridine rings is 1. The topological polar surface area (TPSA) is 50.9 Å². The number of anilines is 2. The fraction of sp³-hybridized carbons (Fsp3) is 0.545. The summed E-state index contributed by atoms with van der Waals surface area (Å²) in [4.78, 5) is 4.21. The minimum absolute atomic E-state index is 0.532. The summed E-state index contributed by atoms with van der Waals surface area (Å²) in [5, 5.41) is 3.33. The molecule has 0 radical (unpaired) electrons. The molecule has 1 saturated carbocycles. The van der Waals surface area contributed by atoms with Gasteiger partial charge < -0.3 is 11.1 Å². The van der Waals surface area contributed by atoms with Crippen molar-refractivity contribution in [3.8, 4) is 0 Å². The molecule has 0 aromatic carbocycles. The van der Waals surface area contributed by atoms with Crippen LogP contribution >= 0.6 is 0 Å². The van der Waals surface area contributed by atoms with Crippen LogP contribution in [0, 0.1) is 5.41 Å². The van der Waals surface area contributed by atoms with Crippen LogP contribution in [-0.2, 0) is 0 Å². The van der Waals surface area contributed by atoms with Crippen LogP contribution in [-0.4, -0.2) is 11.5 Å². The first-order valence-corrected chi connectivity index (χ1v) is 5.20. The Bertz CT molecular complexity index is 318.